The van der Waals surface area contributed by atoms with Crippen molar-refractivity contribution in [1.29, 1.82) is 0 Å². The Morgan fingerprint density at radius 3 is 2.67 bits per heavy atom. The van der Waals surface area contributed by atoms with E-state index in [1.807, 2.05) is 43.3 Å². The number of ether oxygens (including phenoxy) is 3. The molecule has 0 atom stereocenters. The second kappa shape index (κ2) is 8.88. The third-order valence-corrected chi connectivity index (χ3v) is 5.05. The van der Waals surface area contributed by atoms with Crippen LogP contribution in [0.25, 0.3) is 6.08 Å². The number of aliphatic imine (C=N–C) groups is 1. The van der Waals surface area contributed by atoms with Gasteiger partial charge < -0.3 is 14.2 Å². The summed E-state index contributed by atoms with van der Waals surface area (Å²) in [6.45, 7) is 2.66. The molecular weight excluding hydrogens is 525 g/mol. The molecule has 2 aromatic rings. The minimum absolute atomic E-state index is 0.244. The lowest BCUT2D eigenvalue weighted by Gasteiger charge is -2.13. The van der Waals surface area contributed by atoms with Crippen molar-refractivity contribution in [1.82, 2.24) is 0 Å². The lowest BCUT2D eigenvalue weighted by Crippen LogP contribution is -2.05. The maximum Gasteiger partial charge on any atom is 0.363 e. The second-order valence-corrected chi connectivity index (χ2v) is 7.80. The van der Waals surface area contributed by atoms with Gasteiger partial charge in [0.2, 0.25) is 5.90 Å². The van der Waals surface area contributed by atoms with Crippen LogP contribution in [-0.4, -0.2) is 25.6 Å². The predicted octanol–water partition coefficient (Wildman–Crippen LogP) is 5.20. The summed E-state index contributed by atoms with van der Waals surface area (Å²) in [5.41, 5.74) is 1.77. The molecule has 0 saturated carbocycles. The molecule has 140 valence electrons. The van der Waals surface area contributed by atoms with Crippen molar-refractivity contribution in [3.05, 3.63) is 61.3 Å². The van der Waals surface area contributed by atoms with Crippen molar-refractivity contribution in [2.75, 3.05) is 13.7 Å². The van der Waals surface area contributed by atoms with E-state index < -0.39 is 5.97 Å². The first kappa shape index (κ1) is 19.9. The number of halogens is 2. The van der Waals surface area contributed by atoms with E-state index in [-0.39, 0.29) is 5.70 Å². The molecule has 3 rings (SSSR count). The number of carbonyl (C=O) groups excluding carboxylic acids is 1. The molecule has 0 spiro atoms. The van der Waals surface area contributed by atoms with E-state index in [1.54, 1.807) is 13.2 Å². The number of methoxy groups -OCH3 is 1. The van der Waals surface area contributed by atoms with E-state index in [0.29, 0.717) is 24.0 Å². The summed E-state index contributed by atoms with van der Waals surface area (Å²) < 4.78 is 18.4. The molecule has 1 heterocycles. The highest BCUT2D eigenvalue weighted by Crippen LogP contribution is 2.35. The summed E-state index contributed by atoms with van der Waals surface area (Å²) in [4.78, 5) is 16.5. The van der Waals surface area contributed by atoms with Crippen LogP contribution in [0.5, 0.6) is 11.5 Å². The zero-order valence-corrected chi connectivity index (χ0v) is 18.5. The number of hydrogen-bond acceptors (Lipinski definition) is 5. The van der Waals surface area contributed by atoms with Crippen molar-refractivity contribution < 1.29 is 19.0 Å². The van der Waals surface area contributed by atoms with E-state index in [9.17, 15) is 4.79 Å². The Bertz CT molecular complexity index is 922. The number of hydrogen-bond donors (Lipinski definition) is 0. The van der Waals surface area contributed by atoms with Gasteiger partial charge in [0.15, 0.2) is 17.2 Å². The summed E-state index contributed by atoms with van der Waals surface area (Å²) in [5, 5.41) is 0. The van der Waals surface area contributed by atoms with E-state index in [0.717, 1.165) is 25.6 Å². The molecule has 1 aliphatic heterocycles. The average Bonchev–Trinajstić information content (AvgIpc) is 3.01. The lowest BCUT2D eigenvalue weighted by molar-refractivity contribution is -0.129. The fourth-order valence-corrected chi connectivity index (χ4v) is 3.50. The normalized spacial score (nSPS) is 14.9. The summed E-state index contributed by atoms with van der Waals surface area (Å²) in [5.74, 6) is 1.14. The van der Waals surface area contributed by atoms with Crippen molar-refractivity contribution in [2.24, 2.45) is 4.99 Å². The summed E-state index contributed by atoms with van der Waals surface area (Å²) in [7, 11) is 1.59. The number of benzene rings is 2. The molecule has 0 bridgehead atoms. The van der Waals surface area contributed by atoms with E-state index in [4.69, 9.17) is 14.2 Å². The molecule has 1 aliphatic rings. The number of rotatable bonds is 6. The SMILES string of the molecule is CCCOc1c(I)cc(/C=C2\N=C(c3ccc(Br)cc3)OC2=O)cc1OC. The predicted molar refractivity (Wildman–Crippen MR) is 116 cm³/mol. The van der Waals surface area contributed by atoms with Gasteiger partial charge in [0.1, 0.15) is 0 Å². The molecule has 0 N–H and O–H groups in total. The van der Waals surface area contributed by atoms with Crippen LogP contribution in [0.2, 0.25) is 0 Å². The van der Waals surface area contributed by atoms with Crippen LogP contribution in [0.4, 0.5) is 0 Å². The van der Waals surface area contributed by atoms with Crippen LogP contribution in [-0.2, 0) is 9.53 Å². The largest absolute Gasteiger partial charge is 0.493 e. The molecular formula is C20H17BrINO4. The molecule has 0 amide bonds. The van der Waals surface area contributed by atoms with Crippen LogP contribution in [0.15, 0.2) is 51.6 Å². The van der Waals surface area contributed by atoms with Gasteiger partial charge in [-0.15, -0.1) is 0 Å². The summed E-state index contributed by atoms with van der Waals surface area (Å²) >= 11 is 5.57. The molecule has 0 aliphatic carbocycles. The third-order valence-electron chi connectivity index (χ3n) is 3.72. The van der Waals surface area contributed by atoms with Crippen LogP contribution in [0.1, 0.15) is 24.5 Å². The molecule has 0 aromatic heterocycles. The van der Waals surface area contributed by atoms with Crippen molar-refractivity contribution in [3.8, 4) is 11.5 Å². The topological polar surface area (TPSA) is 57.1 Å². The van der Waals surface area contributed by atoms with Gasteiger partial charge in [-0.2, -0.15) is 0 Å². The first-order chi connectivity index (χ1) is 13.0. The smallest absolute Gasteiger partial charge is 0.363 e. The molecule has 7 heteroatoms. The maximum absolute atomic E-state index is 12.2. The van der Waals surface area contributed by atoms with Crippen LogP contribution in [0.3, 0.4) is 0 Å². The van der Waals surface area contributed by atoms with Gasteiger partial charge in [0, 0.05) is 10.0 Å². The minimum atomic E-state index is -0.479. The molecule has 27 heavy (non-hydrogen) atoms. The Morgan fingerprint density at radius 1 is 1.26 bits per heavy atom. The zero-order valence-electron chi connectivity index (χ0n) is 14.8. The van der Waals surface area contributed by atoms with Crippen LogP contribution < -0.4 is 9.47 Å². The quantitative estimate of drug-likeness (QED) is 0.287. The Balaban J connectivity index is 1.92. The molecule has 0 fully saturated rings. The highest BCUT2D eigenvalue weighted by Gasteiger charge is 2.24. The maximum atomic E-state index is 12.2. The Hall–Kier alpha value is -1.87. The van der Waals surface area contributed by atoms with Gasteiger partial charge >= 0.3 is 5.97 Å². The third kappa shape index (κ3) is 4.70. The molecule has 0 unspecified atom stereocenters. The monoisotopic (exact) mass is 541 g/mol. The molecule has 5 nitrogen and oxygen atoms in total. The number of cyclic esters (lactones) is 1. The molecule has 0 radical (unpaired) electrons. The van der Waals surface area contributed by atoms with Gasteiger partial charge in [0.25, 0.3) is 0 Å². The van der Waals surface area contributed by atoms with E-state index >= 15 is 0 Å². The standard InChI is InChI=1S/C20H17BrINO4/c1-3-8-26-18-15(22)9-12(11-17(18)25-2)10-16-20(24)27-19(23-16)13-4-6-14(21)7-5-13/h4-7,9-11H,3,8H2,1-2H3/b16-10-. The Morgan fingerprint density at radius 2 is 2.00 bits per heavy atom. The van der Waals surface area contributed by atoms with Gasteiger partial charge in [-0.1, -0.05) is 22.9 Å². The first-order valence-electron chi connectivity index (χ1n) is 8.30. The molecule has 0 saturated heterocycles. The fraction of sp³-hybridized carbons (Fsp3) is 0.200. The first-order valence-corrected chi connectivity index (χ1v) is 10.2. The highest BCUT2D eigenvalue weighted by molar-refractivity contribution is 14.1. The lowest BCUT2D eigenvalue weighted by atomic mass is 10.1. The Kier molecular flexibility index (Phi) is 6.54. The van der Waals surface area contributed by atoms with Gasteiger partial charge in [-0.3, -0.25) is 0 Å². The number of nitrogens with zero attached hydrogens (tertiary/aromatic N) is 1. The second-order valence-electron chi connectivity index (χ2n) is 5.73. The van der Waals surface area contributed by atoms with Crippen molar-refractivity contribution in [2.45, 2.75) is 13.3 Å². The zero-order chi connectivity index (χ0) is 19.4. The van der Waals surface area contributed by atoms with Crippen LogP contribution >= 0.6 is 38.5 Å². The Labute approximate surface area is 179 Å². The van der Waals surface area contributed by atoms with Crippen molar-refractivity contribution >= 4 is 56.5 Å². The summed E-state index contributed by atoms with van der Waals surface area (Å²) in [6.07, 6.45) is 2.59. The van der Waals surface area contributed by atoms with Gasteiger partial charge in [-0.05, 0) is 77.0 Å². The van der Waals surface area contributed by atoms with Gasteiger partial charge in [-0.25, -0.2) is 9.79 Å². The number of carbonyl (C=O) groups is 1. The summed E-state index contributed by atoms with van der Waals surface area (Å²) in [6, 6.07) is 11.2. The highest BCUT2D eigenvalue weighted by atomic mass is 127. The van der Waals surface area contributed by atoms with E-state index in [2.05, 4.69) is 43.5 Å². The molecule has 2 aromatic carbocycles. The van der Waals surface area contributed by atoms with E-state index in [1.165, 1.54) is 0 Å². The van der Waals surface area contributed by atoms with Crippen LogP contribution in [0, 0.1) is 3.57 Å². The van der Waals surface area contributed by atoms with Gasteiger partial charge in [0.05, 0.1) is 17.3 Å². The number of esters is 1. The van der Waals surface area contributed by atoms with Crippen molar-refractivity contribution in [3.63, 3.8) is 0 Å². The fourth-order valence-electron chi connectivity index (χ4n) is 2.45. The minimum Gasteiger partial charge on any atom is -0.493 e. The average molecular weight is 542 g/mol.